The highest BCUT2D eigenvalue weighted by Gasteiger charge is 2.09. The molecule has 0 atom stereocenters. The smallest absolute Gasteiger partial charge is 0.271 e. The molecule has 3 N–H and O–H groups in total. The van der Waals surface area contributed by atoms with Crippen LogP contribution in [-0.4, -0.2) is 20.8 Å². The van der Waals surface area contributed by atoms with Crippen molar-refractivity contribution in [1.29, 1.82) is 0 Å². The molecule has 1 amide bonds. The largest absolute Gasteiger partial charge is 0.382 e. The summed E-state index contributed by atoms with van der Waals surface area (Å²) in [6.45, 7) is 0.159. The maximum Gasteiger partial charge on any atom is 0.271 e. The molecule has 0 aliphatic heterocycles. The fourth-order valence-corrected chi connectivity index (χ4v) is 1.51. The zero-order valence-corrected chi connectivity index (χ0v) is 10.3. The van der Waals surface area contributed by atoms with Gasteiger partial charge in [-0.3, -0.25) is 14.9 Å². The third-order valence-electron chi connectivity index (χ3n) is 2.48. The Labute approximate surface area is 113 Å². The van der Waals surface area contributed by atoms with Crippen LogP contribution in [0, 0.1) is 10.1 Å². The third-order valence-corrected chi connectivity index (χ3v) is 2.48. The number of amides is 1. The molecule has 2 aromatic rings. The molecule has 1 aromatic carbocycles. The van der Waals surface area contributed by atoms with Crippen LogP contribution in [0.1, 0.15) is 16.1 Å². The van der Waals surface area contributed by atoms with Gasteiger partial charge in [-0.2, -0.15) is 0 Å². The molecule has 0 fully saturated rings. The monoisotopic (exact) mass is 273 g/mol. The van der Waals surface area contributed by atoms with Gasteiger partial charge in [-0.05, 0) is 5.56 Å². The average molecular weight is 273 g/mol. The molecule has 0 aliphatic rings. The van der Waals surface area contributed by atoms with Gasteiger partial charge in [-0.15, -0.1) is 0 Å². The minimum atomic E-state index is -0.489. The van der Waals surface area contributed by atoms with Gasteiger partial charge in [-0.1, -0.05) is 12.1 Å². The Balaban J connectivity index is 2.01. The van der Waals surface area contributed by atoms with Crippen LogP contribution in [0.25, 0.3) is 0 Å². The zero-order valence-electron chi connectivity index (χ0n) is 10.3. The lowest BCUT2D eigenvalue weighted by molar-refractivity contribution is -0.384. The molecule has 0 bridgehead atoms. The molecule has 0 saturated carbocycles. The number of hydrogen-bond donors (Lipinski definition) is 2. The molecular formula is C12H11N5O3. The van der Waals surface area contributed by atoms with Gasteiger partial charge in [-0.25, -0.2) is 9.97 Å². The van der Waals surface area contributed by atoms with Crippen LogP contribution in [0.5, 0.6) is 0 Å². The van der Waals surface area contributed by atoms with Crippen LogP contribution in [0.15, 0.2) is 36.7 Å². The average Bonchev–Trinajstić information content (AvgIpc) is 2.46. The van der Waals surface area contributed by atoms with E-state index in [-0.39, 0.29) is 23.7 Å². The molecule has 1 heterocycles. The Morgan fingerprint density at radius 2 is 2.15 bits per heavy atom. The maximum atomic E-state index is 11.8. The lowest BCUT2D eigenvalue weighted by atomic mass is 10.2. The lowest BCUT2D eigenvalue weighted by Gasteiger charge is -2.04. The molecule has 8 heteroatoms. The summed E-state index contributed by atoms with van der Waals surface area (Å²) in [5.41, 5.74) is 6.09. The molecule has 0 aliphatic carbocycles. The van der Waals surface area contributed by atoms with E-state index in [9.17, 15) is 14.9 Å². The molecule has 0 unspecified atom stereocenters. The Hall–Kier alpha value is -3.03. The van der Waals surface area contributed by atoms with Gasteiger partial charge in [0.2, 0.25) is 0 Å². The maximum absolute atomic E-state index is 11.8. The number of carbonyl (C=O) groups is 1. The van der Waals surface area contributed by atoms with Crippen LogP contribution >= 0.6 is 0 Å². The van der Waals surface area contributed by atoms with Gasteiger partial charge < -0.3 is 11.1 Å². The third kappa shape index (κ3) is 3.25. The van der Waals surface area contributed by atoms with Gasteiger partial charge in [0, 0.05) is 18.7 Å². The second-order valence-corrected chi connectivity index (χ2v) is 3.94. The van der Waals surface area contributed by atoms with Crippen LogP contribution < -0.4 is 11.1 Å². The molecule has 0 saturated heterocycles. The Morgan fingerprint density at radius 1 is 1.35 bits per heavy atom. The molecular weight excluding hydrogens is 262 g/mol. The van der Waals surface area contributed by atoms with Crippen molar-refractivity contribution in [1.82, 2.24) is 15.3 Å². The number of nitro groups is 1. The van der Waals surface area contributed by atoms with Crippen molar-refractivity contribution >= 4 is 17.4 Å². The molecule has 0 spiro atoms. The summed E-state index contributed by atoms with van der Waals surface area (Å²) < 4.78 is 0. The molecule has 20 heavy (non-hydrogen) atoms. The number of anilines is 1. The number of nitro benzene ring substituents is 1. The van der Waals surface area contributed by atoms with Crippen LogP contribution in [0.4, 0.5) is 11.5 Å². The topological polar surface area (TPSA) is 124 Å². The van der Waals surface area contributed by atoms with Gasteiger partial charge in [0.25, 0.3) is 11.6 Å². The summed E-state index contributed by atoms with van der Waals surface area (Å²) >= 11 is 0. The van der Waals surface area contributed by atoms with Gasteiger partial charge in [0.1, 0.15) is 11.5 Å². The minimum Gasteiger partial charge on any atom is -0.382 e. The van der Waals surface area contributed by atoms with E-state index in [1.165, 1.54) is 24.5 Å². The highest BCUT2D eigenvalue weighted by atomic mass is 16.6. The van der Waals surface area contributed by atoms with Crippen molar-refractivity contribution in [3.8, 4) is 0 Å². The summed E-state index contributed by atoms with van der Waals surface area (Å²) in [5.74, 6) is -0.204. The van der Waals surface area contributed by atoms with E-state index in [0.717, 1.165) is 0 Å². The number of non-ortho nitro benzene ring substituents is 1. The Morgan fingerprint density at radius 3 is 2.80 bits per heavy atom. The number of hydrogen-bond acceptors (Lipinski definition) is 6. The quantitative estimate of drug-likeness (QED) is 0.629. The number of rotatable bonds is 4. The number of nitrogens with one attached hydrogen (secondary N) is 1. The van der Waals surface area contributed by atoms with E-state index >= 15 is 0 Å². The first-order valence-corrected chi connectivity index (χ1v) is 5.65. The van der Waals surface area contributed by atoms with Crippen molar-refractivity contribution < 1.29 is 9.72 Å². The second-order valence-electron chi connectivity index (χ2n) is 3.94. The van der Waals surface area contributed by atoms with Crippen molar-refractivity contribution in [3.63, 3.8) is 0 Å². The number of nitrogen functional groups attached to an aromatic ring is 1. The highest BCUT2D eigenvalue weighted by molar-refractivity contribution is 5.91. The first kappa shape index (κ1) is 13.4. The van der Waals surface area contributed by atoms with Crippen molar-refractivity contribution in [2.24, 2.45) is 0 Å². The normalized spacial score (nSPS) is 10.0. The highest BCUT2D eigenvalue weighted by Crippen LogP contribution is 2.12. The van der Waals surface area contributed by atoms with Crippen molar-refractivity contribution in [2.45, 2.75) is 6.54 Å². The summed E-state index contributed by atoms with van der Waals surface area (Å²) in [6, 6.07) is 6.02. The minimum absolute atomic E-state index is 0.0241. The van der Waals surface area contributed by atoms with E-state index in [1.807, 2.05) is 0 Å². The number of benzene rings is 1. The zero-order chi connectivity index (χ0) is 14.5. The van der Waals surface area contributed by atoms with E-state index < -0.39 is 10.8 Å². The number of carbonyl (C=O) groups excluding carboxylic acids is 1. The molecule has 2 rings (SSSR count). The van der Waals surface area contributed by atoms with Crippen LogP contribution in [0.3, 0.4) is 0 Å². The molecule has 8 nitrogen and oxygen atoms in total. The van der Waals surface area contributed by atoms with Gasteiger partial charge in [0.15, 0.2) is 0 Å². The van der Waals surface area contributed by atoms with Gasteiger partial charge in [0.05, 0.1) is 17.3 Å². The number of aromatic nitrogens is 2. The predicted molar refractivity (Wildman–Crippen MR) is 70.7 cm³/mol. The van der Waals surface area contributed by atoms with Crippen LogP contribution in [0.2, 0.25) is 0 Å². The first-order valence-electron chi connectivity index (χ1n) is 5.65. The summed E-state index contributed by atoms with van der Waals surface area (Å²) in [4.78, 5) is 29.5. The predicted octanol–water partition coefficient (Wildman–Crippen LogP) is 0.897. The van der Waals surface area contributed by atoms with E-state index in [0.29, 0.717) is 5.56 Å². The second kappa shape index (κ2) is 5.74. The summed E-state index contributed by atoms with van der Waals surface area (Å²) in [6.07, 6.45) is 2.54. The Kier molecular flexibility index (Phi) is 3.85. The summed E-state index contributed by atoms with van der Waals surface area (Å²) in [5, 5.41) is 13.2. The Bertz CT molecular complexity index is 642. The molecule has 0 radical (unpaired) electrons. The van der Waals surface area contributed by atoms with Gasteiger partial charge >= 0.3 is 0 Å². The van der Waals surface area contributed by atoms with Crippen molar-refractivity contribution in [2.75, 3.05) is 5.73 Å². The standard InChI is InChI=1S/C12H11N5O3/c13-11-7-14-10(6-15-11)12(18)16-5-8-2-1-3-9(4-8)17(19)20/h1-4,6-7H,5H2,(H2,13,15)(H,16,18). The first-order chi connectivity index (χ1) is 9.56. The fourth-order valence-electron chi connectivity index (χ4n) is 1.51. The van der Waals surface area contributed by atoms with E-state index in [2.05, 4.69) is 15.3 Å². The fraction of sp³-hybridized carbons (Fsp3) is 0.0833. The SMILES string of the molecule is Nc1cnc(C(=O)NCc2cccc([N+](=O)[O-])c2)cn1. The number of nitrogens with zero attached hydrogens (tertiary/aromatic N) is 3. The van der Waals surface area contributed by atoms with Crippen molar-refractivity contribution in [3.05, 3.63) is 58.0 Å². The van der Waals surface area contributed by atoms with E-state index in [4.69, 9.17) is 5.73 Å². The lowest BCUT2D eigenvalue weighted by Crippen LogP contribution is -2.24. The van der Waals surface area contributed by atoms with Crippen LogP contribution in [-0.2, 0) is 6.54 Å². The van der Waals surface area contributed by atoms with E-state index in [1.54, 1.807) is 12.1 Å². The molecule has 1 aromatic heterocycles. The molecule has 102 valence electrons. The number of nitrogens with two attached hydrogens (primary N) is 1. The summed E-state index contributed by atoms with van der Waals surface area (Å²) in [7, 11) is 0.